The van der Waals surface area contributed by atoms with E-state index >= 15 is 0 Å². The third kappa shape index (κ3) is 3.51. The third-order valence-corrected chi connectivity index (χ3v) is 3.54. The van der Waals surface area contributed by atoms with Crippen LogP contribution < -0.4 is 5.32 Å². The Balaban J connectivity index is 2.04. The highest BCUT2D eigenvalue weighted by molar-refractivity contribution is 6.36. The van der Waals surface area contributed by atoms with Gasteiger partial charge in [-0.25, -0.2) is 0 Å². The Kier molecular flexibility index (Phi) is 4.18. The van der Waals surface area contributed by atoms with Crippen LogP contribution in [0.25, 0.3) is 0 Å². The van der Waals surface area contributed by atoms with Crippen LogP contribution in [0.15, 0.2) is 18.2 Å². The van der Waals surface area contributed by atoms with Crippen molar-refractivity contribution in [1.82, 2.24) is 0 Å². The molecule has 0 aliphatic carbocycles. The van der Waals surface area contributed by atoms with Crippen molar-refractivity contribution in [3.05, 3.63) is 28.2 Å². The summed E-state index contributed by atoms with van der Waals surface area (Å²) in [6.45, 7) is 4.21. The molecule has 2 unspecified atom stereocenters. The largest absolute Gasteiger partial charge is 0.381 e. The lowest BCUT2D eigenvalue weighted by Gasteiger charge is -2.33. The summed E-state index contributed by atoms with van der Waals surface area (Å²) in [5, 5.41) is 4.80. The summed E-state index contributed by atoms with van der Waals surface area (Å²) in [4.78, 5) is 0. The van der Waals surface area contributed by atoms with Crippen LogP contribution in [0.2, 0.25) is 10.0 Å². The van der Waals surface area contributed by atoms with Crippen LogP contribution in [0.3, 0.4) is 0 Å². The summed E-state index contributed by atoms with van der Waals surface area (Å²) in [6.07, 6.45) is 2.59. The number of ether oxygens (including phenoxy) is 1. The van der Waals surface area contributed by atoms with Gasteiger partial charge in [0, 0.05) is 11.1 Å². The molecule has 0 bridgehead atoms. The smallest absolute Gasteiger partial charge is 0.0652 e. The van der Waals surface area contributed by atoms with Gasteiger partial charge in [-0.2, -0.15) is 0 Å². The molecule has 1 fully saturated rings. The Morgan fingerprint density at radius 2 is 1.82 bits per heavy atom. The maximum absolute atomic E-state index is 6.14. The molecule has 17 heavy (non-hydrogen) atoms. The van der Waals surface area contributed by atoms with Gasteiger partial charge in [-0.1, -0.05) is 23.2 Å². The summed E-state index contributed by atoms with van der Waals surface area (Å²) >= 11 is 12.0. The lowest BCUT2D eigenvalue weighted by Crippen LogP contribution is -2.36. The molecule has 0 aromatic heterocycles. The Hall–Kier alpha value is -0.440. The summed E-state index contributed by atoms with van der Waals surface area (Å²) in [5.74, 6) is 0. The summed E-state index contributed by atoms with van der Waals surface area (Å²) in [7, 11) is 0. The molecule has 1 aromatic carbocycles. The van der Waals surface area contributed by atoms with Crippen LogP contribution in [0.1, 0.15) is 26.7 Å². The zero-order valence-electron chi connectivity index (χ0n) is 10.0. The van der Waals surface area contributed by atoms with Gasteiger partial charge in [0.2, 0.25) is 0 Å². The van der Waals surface area contributed by atoms with Gasteiger partial charge in [-0.15, -0.1) is 0 Å². The highest BCUT2D eigenvalue weighted by Gasteiger charge is 2.24. The number of benzene rings is 1. The van der Waals surface area contributed by atoms with Crippen molar-refractivity contribution in [1.29, 1.82) is 0 Å². The molecular weight excluding hydrogens is 257 g/mol. The zero-order valence-corrected chi connectivity index (χ0v) is 11.6. The van der Waals surface area contributed by atoms with E-state index in [0.717, 1.165) is 18.5 Å². The van der Waals surface area contributed by atoms with Crippen molar-refractivity contribution in [2.24, 2.45) is 0 Å². The Morgan fingerprint density at radius 1 is 1.18 bits per heavy atom. The first-order valence-corrected chi connectivity index (χ1v) is 6.67. The second-order valence-electron chi connectivity index (χ2n) is 4.69. The van der Waals surface area contributed by atoms with Gasteiger partial charge in [-0.05, 0) is 44.9 Å². The summed E-state index contributed by atoms with van der Waals surface area (Å²) < 4.78 is 5.71. The lowest BCUT2D eigenvalue weighted by atomic mass is 9.99. The fraction of sp³-hybridized carbons (Fsp3) is 0.538. The number of nitrogens with one attached hydrogen (secondary N) is 1. The number of rotatable bonds is 2. The Morgan fingerprint density at radius 3 is 2.41 bits per heavy atom. The van der Waals surface area contributed by atoms with Crippen molar-refractivity contribution in [3.63, 3.8) is 0 Å². The molecule has 1 N–H and O–H groups in total. The molecule has 1 aromatic rings. The van der Waals surface area contributed by atoms with Crippen LogP contribution in [-0.4, -0.2) is 18.2 Å². The van der Waals surface area contributed by atoms with E-state index in [1.807, 2.05) is 12.1 Å². The third-order valence-electron chi connectivity index (χ3n) is 2.99. The SMILES string of the molecule is CC1CC(Nc2ccc(Cl)cc2Cl)CC(C)O1. The monoisotopic (exact) mass is 273 g/mol. The average Bonchev–Trinajstić information content (AvgIpc) is 2.21. The van der Waals surface area contributed by atoms with E-state index in [2.05, 4.69) is 19.2 Å². The highest BCUT2D eigenvalue weighted by Crippen LogP contribution is 2.29. The fourth-order valence-electron chi connectivity index (χ4n) is 2.35. The van der Waals surface area contributed by atoms with E-state index in [9.17, 15) is 0 Å². The minimum Gasteiger partial charge on any atom is -0.381 e. The predicted molar refractivity (Wildman–Crippen MR) is 73.1 cm³/mol. The van der Waals surface area contributed by atoms with Crippen LogP contribution in [0.5, 0.6) is 0 Å². The maximum atomic E-state index is 6.14. The molecule has 94 valence electrons. The molecule has 0 radical (unpaired) electrons. The van der Waals surface area contributed by atoms with Crippen LogP contribution in [-0.2, 0) is 4.74 Å². The molecule has 2 rings (SSSR count). The summed E-state index contributed by atoms with van der Waals surface area (Å²) in [5.41, 5.74) is 0.947. The van der Waals surface area contributed by atoms with Gasteiger partial charge in [0.15, 0.2) is 0 Å². The molecule has 2 nitrogen and oxygen atoms in total. The van der Waals surface area contributed by atoms with Gasteiger partial charge in [0.05, 0.1) is 22.9 Å². The van der Waals surface area contributed by atoms with Crippen molar-refractivity contribution < 1.29 is 4.74 Å². The van der Waals surface area contributed by atoms with Crippen LogP contribution in [0, 0.1) is 0 Å². The van der Waals surface area contributed by atoms with E-state index < -0.39 is 0 Å². The van der Waals surface area contributed by atoms with Gasteiger partial charge in [-0.3, -0.25) is 0 Å². The van der Waals surface area contributed by atoms with E-state index in [1.165, 1.54) is 0 Å². The van der Waals surface area contributed by atoms with Crippen LogP contribution in [0.4, 0.5) is 5.69 Å². The molecule has 1 aliphatic rings. The normalized spacial score (nSPS) is 29.1. The quantitative estimate of drug-likeness (QED) is 0.865. The van der Waals surface area contributed by atoms with Gasteiger partial charge < -0.3 is 10.1 Å². The molecule has 0 spiro atoms. The van der Waals surface area contributed by atoms with Crippen molar-refractivity contribution in [2.75, 3.05) is 5.32 Å². The molecular formula is C13H17Cl2NO. The predicted octanol–water partition coefficient (Wildman–Crippen LogP) is 4.36. The molecule has 4 heteroatoms. The molecule has 0 saturated carbocycles. The maximum Gasteiger partial charge on any atom is 0.0652 e. The average molecular weight is 274 g/mol. The number of halogens is 2. The number of anilines is 1. The second kappa shape index (κ2) is 5.47. The van der Waals surface area contributed by atoms with E-state index in [-0.39, 0.29) is 0 Å². The number of hydrogen-bond acceptors (Lipinski definition) is 2. The van der Waals surface area contributed by atoms with Crippen molar-refractivity contribution in [2.45, 2.75) is 44.9 Å². The van der Waals surface area contributed by atoms with Gasteiger partial charge in [0.25, 0.3) is 0 Å². The van der Waals surface area contributed by atoms with E-state index in [0.29, 0.717) is 28.3 Å². The van der Waals surface area contributed by atoms with Crippen molar-refractivity contribution in [3.8, 4) is 0 Å². The van der Waals surface area contributed by atoms with Crippen LogP contribution >= 0.6 is 23.2 Å². The Bertz CT molecular complexity index is 387. The zero-order chi connectivity index (χ0) is 12.4. The minimum atomic E-state index is 0.294. The fourth-order valence-corrected chi connectivity index (χ4v) is 2.81. The molecule has 1 heterocycles. The van der Waals surface area contributed by atoms with E-state index in [4.69, 9.17) is 27.9 Å². The minimum absolute atomic E-state index is 0.294. The first kappa shape index (κ1) is 13.0. The lowest BCUT2D eigenvalue weighted by molar-refractivity contribution is -0.0337. The topological polar surface area (TPSA) is 21.3 Å². The molecule has 0 amide bonds. The number of hydrogen-bond donors (Lipinski definition) is 1. The van der Waals surface area contributed by atoms with Crippen molar-refractivity contribution >= 4 is 28.9 Å². The molecule has 2 atom stereocenters. The van der Waals surface area contributed by atoms with Gasteiger partial charge in [0.1, 0.15) is 0 Å². The van der Waals surface area contributed by atoms with Gasteiger partial charge >= 0.3 is 0 Å². The Labute approximate surface area is 112 Å². The standard InChI is InChI=1S/C13H17Cl2NO/c1-8-5-11(6-9(2)17-8)16-13-4-3-10(14)7-12(13)15/h3-4,7-9,11,16H,5-6H2,1-2H3. The molecule has 1 saturated heterocycles. The molecule has 1 aliphatic heterocycles. The first-order valence-electron chi connectivity index (χ1n) is 5.91. The van der Waals surface area contributed by atoms with E-state index in [1.54, 1.807) is 6.07 Å². The first-order chi connectivity index (χ1) is 8.04. The highest BCUT2D eigenvalue weighted by atomic mass is 35.5. The second-order valence-corrected chi connectivity index (χ2v) is 5.54. The summed E-state index contributed by atoms with van der Waals surface area (Å²) in [6, 6.07) is 5.95.